The first-order valence-corrected chi connectivity index (χ1v) is 11.6. The van der Waals surface area contributed by atoms with Gasteiger partial charge >= 0.3 is 12.0 Å². The van der Waals surface area contributed by atoms with Crippen LogP contribution in [0, 0.1) is 11.3 Å². The first-order valence-electron chi connectivity index (χ1n) is 10.8. The summed E-state index contributed by atoms with van der Waals surface area (Å²) >= 11 is 12.2. The van der Waals surface area contributed by atoms with Crippen molar-refractivity contribution in [2.75, 3.05) is 18.0 Å². The van der Waals surface area contributed by atoms with Gasteiger partial charge in [-0.3, -0.25) is 14.7 Å². The molecule has 0 bridgehead atoms. The third kappa shape index (κ3) is 4.06. The van der Waals surface area contributed by atoms with E-state index in [2.05, 4.69) is 15.5 Å². The maximum absolute atomic E-state index is 13.9. The number of nitrogens with zero attached hydrogens (tertiary/aromatic N) is 4. The summed E-state index contributed by atoms with van der Waals surface area (Å²) in [6.45, 7) is -0.197. The first kappa shape index (κ1) is 24.3. The minimum atomic E-state index is -1.55. The molecule has 11 nitrogen and oxygen atoms in total. The molecular weight excluding hydrogens is 523 g/mol. The predicted octanol–water partition coefficient (Wildman–Crippen LogP) is 3.02. The third-order valence-electron chi connectivity index (χ3n) is 6.42. The van der Waals surface area contributed by atoms with Gasteiger partial charge in [-0.15, -0.1) is 0 Å². The van der Waals surface area contributed by atoms with Crippen molar-refractivity contribution >= 4 is 52.7 Å². The Kier molecular flexibility index (Phi) is 5.86. The van der Waals surface area contributed by atoms with Gasteiger partial charge in [-0.2, -0.15) is 10.4 Å². The zero-order valence-electron chi connectivity index (χ0n) is 18.7. The number of nitriles is 1. The van der Waals surface area contributed by atoms with Crippen molar-refractivity contribution in [1.82, 2.24) is 20.4 Å². The molecular formula is C24H16Cl2N6O5. The topological polar surface area (TPSA) is 159 Å². The van der Waals surface area contributed by atoms with Crippen molar-refractivity contribution in [3.63, 3.8) is 0 Å². The molecule has 0 radical (unpaired) electrons. The average Bonchev–Trinajstić information content (AvgIpc) is 3.55. The van der Waals surface area contributed by atoms with E-state index in [0.717, 1.165) is 11.0 Å². The smallest absolute Gasteiger partial charge is 0.353 e. The standard InChI is InChI=1S/C24H16Cl2N6O5/c25-14-5-15(26)7-16(6-14)32-22(36)24(28-23(32)37)11-31(20(33)18-8-19(21(34)35)30-29-18)10-17(24)13-3-1-12(9-27)2-4-13/h1-8,17H,10-11H2,(H,28,37)(H,29,30)(H,34,35). The van der Waals surface area contributed by atoms with Crippen LogP contribution < -0.4 is 10.2 Å². The van der Waals surface area contributed by atoms with E-state index in [1.807, 2.05) is 6.07 Å². The number of rotatable bonds is 4. The summed E-state index contributed by atoms with van der Waals surface area (Å²) in [4.78, 5) is 53.8. The fourth-order valence-corrected chi connectivity index (χ4v) is 5.24. The van der Waals surface area contributed by atoms with Gasteiger partial charge in [0.05, 0.1) is 23.9 Å². The summed E-state index contributed by atoms with van der Waals surface area (Å²) in [5.41, 5.74) is -0.792. The number of urea groups is 1. The number of amides is 4. The van der Waals surface area contributed by atoms with Crippen LogP contribution in [0.3, 0.4) is 0 Å². The van der Waals surface area contributed by atoms with E-state index in [4.69, 9.17) is 33.6 Å². The van der Waals surface area contributed by atoms with E-state index >= 15 is 0 Å². The van der Waals surface area contributed by atoms with Gasteiger partial charge in [0.15, 0.2) is 5.69 Å². The highest BCUT2D eigenvalue weighted by Crippen LogP contribution is 2.42. The normalized spacial score (nSPS) is 20.8. The fourth-order valence-electron chi connectivity index (χ4n) is 4.73. The van der Waals surface area contributed by atoms with Crippen molar-refractivity contribution in [2.45, 2.75) is 11.5 Å². The summed E-state index contributed by atoms with van der Waals surface area (Å²) in [6, 6.07) is 13.2. The first-order chi connectivity index (χ1) is 17.6. The zero-order valence-corrected chi connectivity index (χ0v) is 20.2. The lowest BCUT2D eigenvalue weighted by Crippen LogP contribution is -2.53. The maximum atomic E-state index is 13.9. The maximum Gasteiger partial charge on any atom is 0.353 e. The van der Waals surface area contributed by atoms with Crippen LogP contribution >= 0.6 is 23.2 Å². The molecule has 2 aromatic carbocycles. The van der Waals surface area contributed by atoms with Crippen molar-refractivity contribution in [3.05, 3.63) is 81.1 Å². The number of likely N-dealkylation sites (tertiary alicyclic amines) is 1. The van der Waals surface area contributed by atoms with Gasteiger partial charge in [0, 0.05) is 28.6 Å². The summed E-state index contributed by atoms with van der Waals surface area (Å²) < 4.78 is 0. The Hall–Kier alpha value is -4.40. The van der Waals surface area contributed by atoms with Crippen LogP contribution in [0.25, 0.3) is 0 Å². The zero-order chi connectivity index (χ0) is 26.5. The highest BCUT2D eigenvalue weighted by Gasteiger charge is 2.61. The number of carbonyl (C=O) groups is 4. The Labute approximate surface area is 219 Å². The lowest BCUT2D eigenvalue weighted by molar-refractivity contribution is -0.122. The van der Waals surface area contributed by atoms with Crippen LogP contribution in [0.2, 0.25) is 10.0 Å². The number of benzene rings is 2. The van der Waals surface area contributed by atoms with Crippen molar-refractivity contribution in [1.29, 1.82) is 5.26 Å². The number of aromatic carboxylic acids is 1. The van der Waals surface area contributed by atoms with Crippen LogP contribution in [0.4, 0.5) is 10.5 Å². The number of carbonyl (C=O) groups excluding carboxylic acids is 3. The number of carboxylic acid groups (broad SMARTS) is 1. The number of nitrogens with one attached hydrogen (secondary N) is 2. The molecule has 13 heteroatoms. The van der Waals surface area contributed by atoms with Gasteiger partial charge in [-0.05, 0) is 35.9 Å². The molecule has 186 valence electrons. The number of halogens is 2. The van der Waals surface area contributed by atoms with Crippen molar-refractivity contribution < 1.29 is 24.3 Å². The number of hydrogen-bond donors (Lipinski definition) is 3. The predicted molar refractivity (Wildman–Crippen MR) is 131 cm³/mol. The molecule has 3 N–H and O–H groups in total. The molecule has 2 aliphatic heterocycles. The van der Waals surface area contributed by atoms with E-state index in [1.165, 1.54) is 23.1 Å². The molecule has 2 fully saturated rings. The molecule has 2 aliphatic rings. The quantitative estimate of drug-likeness (QED) is 0.430. The number of anilines is 1. The fraction of sp³-hybridized carbons (Fsp3) is 0.167. The molecule has 37 heavy (non-hydrogen) atoms. The van der Waals surface area contributed by atoms with Crippen LogP contribution in [-0.4, -0.2) is 62.6 Å². The van der Waals surface area contributed by atoms with Crippen LogP contribution in [0.5, 0.6) is 0 Å². The van der Waals surface area contributed by atoms with E-state index in [0.29, 0.717) is 11.1 Å². The van der Waals surface area contributed by atoms with E-state index in [-0.39, 0.29) is 40.2 Å². The largest absolute Gasteiger partial charge is 0.477 e. The Morgan fingerprint density at radius 3 is 2.38 bits per heavy atom. The number of carboxylic acids is 1. The molecule has 0 saturated carbocycles. The lowest BCUT2D eigenvalue weighted by atomic mass is 9.81. The van der Waals surface area contributed by atoms with E-state index < -0.39 is 35.3 Å². The molecule has 2 unspecified atom stereocenters. The van der Waals surface area contributed by atoms with Gasteiger partial charge in [0.2, 0.25) is 0 Å². The Morgan fingerprint density at radius 2 is 1.78 bits per heavy atom. The molecule has 5 rings (SSSR count). The second-order valence-electron chi connectivity index (χ2n) is 8.61. The van der Waals surface area contributed by atoms with E-state index in [9.17, 15) is 19.2 Å². The van der Waals surface area contributed by atoms with Gasteiger partial charge in [-0.1, -0.05) is 35.3 Å². The summed E-state index contributed by atoms with van der Waals surface area (Å²) in [6.07, 6.45) is 0. The van der Waals surface area contributed by atoms with Crippen molar-refractivity contribution in [3.8, 4) is 6.07 Å². The number of H-pyrrole nitrogens is 1. The monoisotopic (exact) mass is 538 g/mol. The molecule has 1 spiro atoms. The summed E-state index contributed by atoms with van der Waals surface area (Å²) in [5, 5.41) is 27.6. The lowest BCUT2D eigenvalue weighted by Gasteiger charge is -2.27. The minimum Gasteiger partial charge on any atom is -0.477 e. The molecule has 0 aliphatic carbocycles. The Balaban J connectivity index is 1.56. The molecule has 3 aromatic rings. The SMILES string of the molecule is N#Cc1ccc(C2CN(C(=O)c3cc(C(=O)O)[nH]n3)CC23NC(=O)N(c2cc(Cl)cc(Cl)c2)C3=O)cc1. The summed E-state index contributed by atoms with van der Waals surface area (Å²) in [7, 11) is 0. The number of aromatic nitrogens is 2. The second kappa shape index (κ2) is 8.92. The number of hydrogen-bond acceptors (Lipinski definition) is 6. The van der Waals surface area contributed by atoms with Crippen LogP contribution in [-0.2, 0) is 4.79 Å². The highest BCUT2D eigenvalue weighted by molar-refractivity contribution is 6.36. The second-order valence-corrected chi connectivity index (χ2v) is 9.49. The highest BCUT2D eigenvalue weighted by atomic mass is 35.5. The summed E-state index contributed by atoms with van der Waals surface area (Å²) in [5.74, 6) is -3.22. The van der Waals surface area contributed by atoms with E-state index in [1.54, 1.807) is 24.3 Å². The molecule has 4 amide bonds. The van der Waals surface area contributed by atoms with Gasteiger partial charge in [0.1, 0.15) is 11.2 Å². The molecule has 1 aromatic heterocycles. The van der Waals surface area contributed by atoms with Crippen molar-refractivity contribution in [2.24, 2.45) is 0 Å². The Bertz CT molecular complexity index is 1490. The molecule has 3 heterocycles. The number of imide groups is 1. The minimum absolute atomic E-state index is 0.0101. The van der Waals surface area contributed by atoms with Gasteiger partial charge in [-0.25, -0.2) is 14.5 Å². The van der Waals surface area contributed by atoms with Crippen LogP contribution in [0.1, 0.15) is 38.0 Å². The van der Waals surface area contributed by atoms with Gasteiger partial charge in [0.25, 0.3) is 11.8 Å². The van der Waals surface area contributed by atoms with Crippen LogP contribution in [0.15, 0.2) is 48.5 Å². The molecule has 2 saturated heterocycles. The molecule has 2 atom stereocenters. The van der Waals surface area contributed by atoms with Gasteiger partial charge < -0.3 is 15.3 Å². The Morgan fingerprint density at radius 1 is 1.11 bits per heavy atom. The third-order valence-corrected chi connectivity index (χ3v) is 6.85. The number of aromatic amines is 1. The average molecular weight is 539 g/mol.